The molecule has 0 bridgehead atoms. The second kappa shape index (κ2) is 15.3. The van der Waals surface area contributed by atoms with Crippen LogP contribution in [0, 0.1) is 26.2 Å². The summed E-state index contributed by atoms with van der Waals surface area (Å²) >= 11 is 6.24. The molecule has 0 saturated carbocycles. The van der Waals surface area contributed by atoms with Crippen LogP contribution in [0.1, 0.15) is 65.7 Å². The van der Waals surface area contributed by atoms with E-state index in [1.807, 2.05) is 54.2 Å². The van der Waals surface area contributed by atoms with E-state index < -0.39 is 21.4 Å². The van der Waals surface area contributed by atoms with E-state index in [4.69, 9.17) is 24.2 Å². The molecule has 2 radical (unpaired) electrons. The minimum absolute atomic E-state index is 0.152. The van der Waals surface area contributed by atoms with Crippen LogP contribution in [-0.4, -0.2) is 75.0 Å². The normalized spacial score (nSPS) is 16.5. The van der Waals surface area contributed by atoms with Gasteiger partial charge in [0.2, 0.25) is 0 Å². The zero-order chi connectivity index (χ0) is 39.2. The number of hydrogen-bond donors (Lipinski definition) is 0. The van der Waals surface area contributed by atoms with Gasteiger partial charge in [-0.15, -0.1) is 0 Å². The molecule has 3 aromatic rings. The predicted octanol–water partition coefficient (Wildman–Crippen LogP) is 8.13. The SMILES string of the molecule is [B]c1cc(C)c(S(=O)(=O)CC(=O)c2ccc(N3CCN(CC4=C(c5ccc(Cl)cc5)CC(C)(C)CC4)CC3)cc2Oc2cc3ccnc-3n(C)c2)c(C)c1C. The van der Waals surface area contributed by atoms with E-state index in [2.05, 4.69) is 40.8 Å². The summed E-state index contributed by atoms with van der Waals surface area (Å²) in [4.78, 5) is 23.4. The molecule has 55 heavy (non-hydrogen) atoms. The smallest absolute Gasteiger partial charge is 0.186 e. The Balaban J connectivity index is 1.14. The Bertz CT molecular complexity index is 2380. The molecular formula is C44H48BClN4O4S. The quantitative estimate of drug-likeness (QED) is 0.105. The minimum Gasteiger partial charge on any atom is -0.455 e. The van der Waals surface area contributed by atoms with Gasteiger partial charge >= 0.3 is 0 Å². The molecular weight excluding hydrogens is 727 g/mol. The molecule has 8 nitrogen and oxygen atoms in total. The highest BCUT2D eigenvalue weighted by atomic mass is 35.5. The first kappa shape index (κ1) is 38.9. The summed E-state index contributed by atoms with van der Waals surface area (Å²) in [5.74, 6) is 0.392. The predicted molar refractivity (Wildman–Crippen MR) is 223 cm³/mol. The molecule has 11 heteroatoms. The molecule has 3 aliphatic heterocycles. The van der Waals surface area contributed by atoms with Crippen molar-refractivity contribution in [1.29, 1.82) is 0 Å². The van der Waals surface area contributed by atoms with Crippen molar-refractivity contribution in [2.75, 3.05) is 43.4 Å². The fourth-order valence-electron chi connectivity index (χ4n) is 8.18. The van der Waals surface area contributed by atoms with Crippen molar-refractivity contribution in [3.8, 4) is 22.9 Å². The fourth-order valence-corrected chi connectivity index (χ4v) is 10.1. The van der Waals surface area contributed by atoms with Gasteiger partial charge in [0.25, 0.3) is 0 Å². The largest absolute Gasteiger partial charge is 0.455 e. The molecule has 0 unspecified atom stereocenters. The second-order valence-corrected chi connectivity index (χ2v) is 18.4. The number of sulfone groups is 1. The number of Topliss-reactive ketones (excluding diaryl/α,β-unsaturated/α-hetero) is 1. The van der Waals surface area contributed by atoms with E-state index in [1.165, 1.54) is 23.1 Å². The fraction of sp³-hybridized carbons (Fsp3) is 0.364. The second-order valence-electron chi connectivity index (χ2n) is 16.0. The number of halogens is 1. The van der Waals surface area contributed by atoms with Crippen molar-refractivity contribution in [3.63, 3.8) is 0 Å². The van der Waals surface area contributed by atoms with Crippen LogP contribution in [0.15, 0.2) is 83.5 Å². The first-order valence-corrected chi connectivity index (χ1v) is 20.9. The van der Waals surface area contributed by atoms with E-state index in [0.29, 0.717) is 33.7 Å². The summed E-state index contributed by atoms with van der Waals surface area (Å²) in [5, 5.41) is 0.751. The van der Waals surface area contributed by atoms with Crippen LogP contribution >= 0.6 is 11.6 Å². The highest BCUT2D eigenvalue weighted by Gasteiger charge is 2.31. The van der Waals surface area contributed by atoms with Gasteiger partial charge in [-0.05, 0) is 104 Å². The molecule has 3 heterocycles. The van der Waals surface area contributed by atoms with Crippen LogP contribution in [0.2, 0.25) is 5.02 Å². The number of carbonyl (C=O) groups is 1. The topological polar surface area (TPSA) is 84.7 Å². The summed E-state index contributed by atoms with van der Waals surface area (Å²) in [7, 11) is 4.01. The molecule has 0 atom stereocenters. The number of nitrogens with zero attached hydrogens (tertiary/aromatic N) is 4. The first-order valence-electron chi connectivity index (χ1n) is 18.9. The van der Waals surface area contributed by atoms with Crippen molar-refractivity contribution in [2.45, 2.75) is 58.8 Å². The number of hydrogen-bond acceptors (Lipinski definition) is 7. The number of ketones is 1. The maximum Gasteiger partial charge on any atom is 0.186 e. The number of anilines is 1. The third-order valence-electron chi connectivity index (χ3n) is 11.4. The Labute approximate surface area is 331 Å². The molecule has 0 amide bonds. The number of carbonyl (C=O) groups excluding carboxylic acids is 1. The van der Waals surface area contributed by atoms with E-state index in [1.54, 1.807) is 39.1 Å². The Morgan fingerprint density at radius 2 is 1.67 bits per heavy atom. The number of ether oxygens (including phenoxy) is 1. The van der Waals surface area contributed by atoms with E-state index in [9.17, 15) is 13.2 Å². The lowest BCUT2D eigenvalue weighted by atomic mass is 9.72. The average molecular weight is 775 g/mol. The molecule has 1 saturated heterocycles. The van der Waals surface area contributed by atoms with Gasteiger partial charge in [0.15, 0.2) is 15.6 Å². The average Bonchev–Trinajstić information content (AvgIpc) is 3.61. The Hall–Kier alpha value is -4.38. The molecule has 1 fully saturated rings. The van der Waals surface area contributed by atoms with E-state index in [-0.39, 0.29) is 15.9 Å². The Morgan fingerprint density at radius 1 is 0.945 bits per heavy atom. The first-order chi connectivity index (χ1) is 26.1. The molecule has 0 aromatic heterocycles. The Kier molecular flexibility index (Phi) is 10.8. The van der Waals surface area contributed by atoms with Crippen LogP contribution < -0.4 is 15.1 Å². The maximum absolute atomic E-state index is 14.0. The van der Waals surface area contributed by atoms with Crippen LogP contribution in [0.5, 0.6) is 11.5 Å². The summed E-state index contributed by atoms with van der Waals surface area (Å²) in [6.07, 6.45) is 6.85. The summed E-state index contributed by atoms with van der Waals surface area (Å²) in [5.41, 5.74) is 8.78. The number of pyridine rings is 1. The van der Waals surface area contributed by atoms with E-state index in [0.717, 1.165) is 67.7 Å². The minimum atomic E-state index is -4.00. The van der Waals surface area contributed by atoms with Crippen LogP contribution in [0.4, 0.5) is 5.69 Å². The molecule has 4 aliphatic rings. The van der Waals surface area contributed by atoms with Gasteiger partial charge in [0.1, 0.15) is 30.9 Å². The molecule has 1 aliphatic carbocycles. The molecule has 3 aromatic carbocycles. The number of aryl methyl sites for hydroxylation is 2. The van der Waals surface area contributed by atoms with Crippen molar-refractivity contribution >= 4 is 51.8 Å². The van der Waals surface area contributed by atoms with Gasteiger partial charge in [-0.2, -0.15) is 0 Å². The number of rotatable bonds is 10. The van der Waals surface area contributed by atoms with Crippen LogP contribution in [-0.2, 0) is 16.9 Å². The van der Waals surface area contributed by atoms with Crippen molar-refractivity contribution < 1.29 is 17.9 Å². The van der Waals surface area contributed by atoms with Crippen molar-refractivity contribution in [1.82, 2.24) is 14.5 Å². The van der Waals surface area contributed by atoms with Gasteiger partial charge in [-0.1, -0.05) is 60.2 Å². The summed E-state index contributed by atoms with van der Waals surface area (Å²) in [6.45, 7) is 14.2. The van der Waals surface area contributed by atoms with Crippen LogP contribution in [0.25, 0.3) is 17.0 Å². The third kappa shape index (κ3) is 8.28. The van der Waals surface area contributed by atoms with Crippen LogP contribution in [0.3, 0.4) is 0 Å². The lowest BCUT2D eigenvalue weighted by Crippen LogP contribution is -2.47. The van der Waals surface area contributed by atoms with E-state index >= 15 is 0 Å². The molecule has 0 spiro atoms. The van der Waals surface area contributed by atoms with Gasteiger partial charge in [0, 0.05) is 74.5 Å². The van der Waals surface area contributed by atoms with Gasteiger partial charge in [-0.3, -0.25) is 9.69 Å². The molecule has 284 valence electrons. The number of fused-ring (bicyclic) bond motifs is 1. The monoisotopic (exact) mass is 774 g/mol. The third-order valence-corrected chi connectivity index (χ3v) is 13.5. The number of allylic oxidation sites excluding steroid dienone is 1. The lowest BCUT2D eigenvalue weighted by molar-refractivity contribution is 0.101. The maximum atomic E-state index is 14.0. The number of piperazine rings is 1. The molecule has 0 N–H and O–H groups in total. The standard InChI is InChI=1S/C44H48BClN4O4S/c1-28-21-39(45)29(2)30(3)42(28)55(52,53)27-40(51)37-12-11-35(23-41(37)54-36-22-32-14-16-47-43(32)48(6)26-36)50-19-17-49(18-20-50)25-33-13-15-44(4,5)24-38(33)31-7-9-34(46)10-8-31/h7-12,14,16,21-23,26H,13,15,17-20,24-25,27H2,1-6H3. The van der Waals surface area contributed by atoms with Gasteiger partial charge < -0.3 is 14.2 Å². The number of benzene rings is 3. The zero-order valence-corrected chi connectivity index (χ0v) is 34.2. The zero-order valence-electron chi connectivity index (χ0n) is 32.6. The van der Waals surface area contributed by atoms with Gasteiger partial charge in [-0.25, -0.2) is 13.4 Å². The Morgan fingerprint density at radius 3 is 2.40 bits per heavy atom. The number of aromatic nitrogens is 2. The van der Waals surface area contributed by atoms with Gasteiger partial charge in [0.05, 0.1) is 10.5 Å². The molecule has 7 rings (SSSR count). The van der Waals surface area contributed by atoms with Crippen molar-refractivity contribution in [2.24, 2.45) is 12.5 Å². The van der Waals surface area contributed by atoms with Crippen molar-refractivity contribution in [3.05, 3.63) is 111 Å². The highest BCUT2D eigenvalue weighted by Crippen LogP contribution is 2.43. The summed E-state index contributed by atoms with van der Waals surface area (Å²) < 4.78 is 36.1. The highest BCUT2D eigenvalue weighted by molar-refractivity contribution is 7.92. The summed E-state index contributed by atoms with van der Waals surface area (Å²) in [6, 6.07) is 19.2. The lowest BCUT2D eigenvalue weighted by Gasteiger charge is -2.39.